The number of halogens is 1. The van der Waals surface area contributed by atoms with E-state index in [1.54, 1.807) is 0 Å². The Morgan fingerprint density at radius 1 is 1.08 bits per heavy atom. The van der Waals surface area contributed by atoms with E-state index in [1.807, 2.05) is 30.3 Å². The molecule has 2 aromatic rings. The molecule has 1 fully saturated rings. The standard InChI is InChI=1S/C20H22FNO4/c21-16-8-6-15(7-9-16)19(24)11-10-17(23)12-22-18(13-26-20(22)25)14-4-2-1-3-5-14/h1-9,17-19,23-24H,10-13H2/t17?,18-,19+/m1/s1. The number of cyclic esters (lactones) is 1. The van der Waals surface area contributed by atoms with Gasteiger partial charge in [0.1, 0.15) is 12.4 Å². The molecule has 5 nitrogen and oxygen atoms in total. The maximum Gasteiger partial charge on any atom is 0.410 e. The Hall–Kier alpha value is -2.44. The van der Waals surface area contributed by atoms with Crippen LogP contribution in [0.25, 0.3) is 0 Å². The van der Waals surface area contributed by atoms with E-state index in [2.05, 4.69) is 0 Å². The number of ether oxygens (including phenoxy) is 1. The molecule has 1 saturated heterocycles. The Balaban J connectivity index is 1.55. The molecule has 1 aliphatic rings. The van der Waals surface area contributed by atoms with E-state index < -0.39 is 18.3 Å². The molecule has 2 aromatic carbocycles. The molecule has 0 bridgehead atoms. The third-order valence-corrected chi connectivity index (χ3v) is 4.60. The molecule has 0 saturated carbocycles. The zero-order chi connectivity index (χ0) is 18.5. The second-order valence-electron chi connectivity index (χ2n) is 6.45. The summed E-state index contributed by atoms with van der Waals surface area (Å²) in [5, 5.41) is 20.5. The van der Waals surface area contributed by atoms with Crippen molar-refractivity contribution in [3.05, 3.63) is 71.5 Å². The average molecular weight is 359 g/mol. The van der Waals surface area contributed by atoms with Crippen LogP contribution in [-0.2, 0) is 4.74 Å². The summed E-state index contributed by atoms with van der Waals surface area (Å²) in [6, 6.07) is 14.9. The van der Waals surface area contributed by atoms with Crippen LogP contribution >= 0.6 is 0 Å². The number of hydrogen-bond donors (Lipinski definition) is 2. The molecule has 1 heterocycles. The third kappa shape index (κ3) is 4.39. The van der Waals surface area contributed by atoms with E-state index in [1.165, 1.54) is 29.2 Å². The fourth-order valence-corrected chi connectivity index (χ4v) is 3.12. The number of carbonyl (C=O) groups is 1. The van der Waals surface area contributed by atoms with E-state index in [0.717, 1.165) is 5.56 Å². The number of hydrogen-bond acceptors (Lipinski definition) is 4. The third-order valence-electron chi connectivity index (χ3n) is 4.60. The lowest BCUT2D eigenvalue weighted by Crippen LogP contribution is -2.35. The van der Waals surface area contributed by atoms with Crippen molar-refractivity contribution in [2.45, 2.75) is 31.1 Å². The van der Waals surface area contributed by atoms with Gasteiger partial charge >= 0.3 is 6.09 Å². The van der Waals surface area contributed by atoms with Crippen molar-refractivity contribution < 1.29 is 24.1 Å². The number of aliphatic hydroxyl groups excluding tert-OH is 2. The number of benzene rings is 2. The number of nitrogens with zero attached hydrogens (tertiary/aromatic N) is 1. The van der Waals surface area contributed by atoms with Crippen molar-refractivity contribution in [2.24, 2.45) is 0 Å². The lowest BCUT2D eigenvalue weighted by molar-refractivity contribution is 0.0837. The topological polar surface area (TPSA) is 70.0 Å². The van der Waals surface area contributed by atoms with Gasteiger partial charge in [0, 0.05) is 0 Å². The highest BCUT2D eigenvalue weighted by Gasteiger charge is 2.35. The largest absolute Gasteiger partial charge is 0.447 e. The van der Waals surface area contributed by atoms with Crippen LogP contribution < -0.4 is 0 Å². The lowest BCUT2D eigenvalue weighted by atomic mass is 10.0. The van der Waals surface area contributed by atoms with Gasteiger partial charge in [-0.1, -0.05) is 42.5 Å². The number of carbonyl (C=O) groups excluding carboxylic acids is 1. The first-order valence-corrected chi connectivity index (χ1v) is 8.64. The maximum atomic E-state index is 12.9. The van der Waals surface area contributed by atoms with Crippen molar-refractivity contribution in [1.29, 1.82) is 0 Å². The Kier molecular flexibility index (Phi) is 5.85. The minimum Gasteiger partial charge on any atom is -0.447 e. The summed E-state index contributed by atoms with van der Waals surface area (Å²) in [5.74, 6) is -0.361. The predicted molar refractivity (Wildman–Crippen MR) is 93.8 cm³/mol. The first-order chi connectivity index (χ1) is 12.5. The van der Waals surface area contributed by atoms with Crippen molar-refractivity contribution in [1.82, 2.24) is 4.90 Å². The zero-order valence-electron chi connectivity index (χ0n) is 14.3. The molecule has 0 aliphatic carbocycles. The Labute approximate surface area is 151 Å². The summed E-state index contributed by atoms with van der Waals surface area (Å²) in [7, 11) is 0. The van der Waals surface area contributed by atoms with Crippen LogP contribution in [0.5, 0.6) is 0 Å². The maximum absolute atomic E-state index is 12.9. The number of β-amino-alcohol motifs (C(OH)–C–C–N with tert-alkyl or cyclic N) is 1. The number of rotatable bonds is 7. The molecule has 26 heavy (non-hydrogen) atoms. The highest BCUT2D eigenvalue weighted by Crippen LogP contribution is 2.28. The second kappa shape index (κ2) is 8.29. The number of aliphatic hydroxyl groups is 2. The van der Waals surface area contributed by atoms with Crippen LogP contribution in [0.1, 0.15) is 36.1 Å². The summed E-state index contributed by atoms with van der Waals surface area (Å²) in [6.45, 7) is 0.391. The highest BCUT2D eigenvalue weighted by molar-refractivity contribution is 5.70. The van der Waals surface area contributed by atoms with E-state index in [4.69, 9.17) is 4.74 Å². The van der Waals surface area contributed by atoms with Crippen LogP contribution in [0, 0.1) is 5.82 Å². The summed E-state index contributed by atoms with van der Waals surface area (Å²) < 4.78 is 18.1. The van der Waals surface area contributed by atoms with Gasteiger partial charge in [0.2, 0.25) is 0 Å². The van der Waals surface area contributed by atoms with Gasteiger partial charge in [-0.25, -0.2) is 9.18 Å². The number of amides is 1. The quantitative estimate of drug-likeness (QED) is 0.797. The van der Waals surface area contributed by atoms with Crippen LogP contribution in [-0.4, -0.2) is 40.5 Å². The molecule has 1 amide bonds. The predicted octanol–water partition coefficient (Wildman–Crippen LogP) is 3.19. The van der Waals surface area contributed by atoms with Gasteiger partial charge in [0.25, 0.3) is 0 Å². The Morgan fingerprint density at radius 2 is 1.77 bits per heavy atom. The molecular formula is C20H22FNO4. The van der Waals surface area contributed by atoms with Crippen molar-refractivity contribution in [3.63, 3.8) is 0 Å². The van der Waals surface area contributed by atoms with Gasteiger partial charge in [-0.2, -0.15) is 0 Å². The van der Waals surface area contributed by atoms with Gasteiger partial charge in [0.05, 0.1) is 24.8 Å². The SMILES string of the molecule is O=C1OC[C@H](c2ccccc2)N1CC(O)CC[C@H](O)c1ccc(F)cc1. The fourth-order valence-electron chi connectivity index (χ4n) is 3.12. The minimum atomic E-state index is -0.791. The van der Waals surface area contributed by atoms with Gasteiger partial charge in [-0.3, -0.25) is 4.90 Å². The van der Waals surface area contributed by atoms with Crippen molar-refractivity contribution in [2.75, 3.05) is 13.2 Å². The van der Waals surface area contributed by atoms with Crippen LogP contribution in [0.4, 0.5) is 9.18 Å². The van der Waals surface area contributed by atoms with E-state index in [9.17, 15) is 19.4 Å². The van der Waals surface area contributed by atoms with Gasteiger partial charge in [-0.15, -0.1) is 0 Å². The normalized spacial score (nSPS) is 19.3. The van der Waals surface area contributed by atoms with E-state index in [0.29, 0.717) is 18.4 Å². The summed E-state index contributed by atoms with van der Waals surface area (Å²) in [6.07, 6.45) is -1.41. The molecule has 3 rings (SSSR count). The highest BCUT2D eigenvalue weighted by atomic mass is 19.1. The molecule has 138 valence electrons. The lowest BCUT2D eigenvalue weighted by Gasteiger charge is -2.25. The molecule has 3 atom stereocenters. The molecule has 2 N–H and O–H groups in total. The molecule has 1 unspecified atom stereocenters. The first kappa shape index (κ1) is 18.4. The monoisotopic (exact) mass is 359 g/mol. The van der Waals surface area contributed by atoms with Gasteiger partial charge in [0.15, 0.2) is 0 Å². The van der Waals surface area contributed by atoms with E-state index >= 15 is 0 Å². The first-order valence-electron chi connectivity index (χ1n) is 8.64. The zero-order valence-corrected chi connectivity index (χ0v) is 14.3. The smallest absolute Gasteiger partial charge is 0.410 e. The molecule has 0 radical (unpaired) electrons. The van der Waals surface area contributed by atoms with Crippen LogP contribution in [0.3, 0.4) is 0 Å². The van der Waals surface area contributed by atoms with Crippen LogP contribution in [0.2, 0.25) is 0 Å². The van der Waals surface area contributed by atoms with Crippen LogP contribution in [0.15, 0.2) is 54.6 Å². The van der Waals surface area contributed by atoms with E-state index in [-0.39, 0.29) is 25.0 Å². The Morgan fingerprint density at radius 3 is 2.46 bits per heavy atom. The average Bonchev–Trinajstić information content (AvgIpc) is 3.01. The van der Waals surface area contributed by atoms with Crippen molar-refractivity contribution in [3.8, 4) is 0 Å². The molecule has 0 aromatic heterocycles. The molecule has 1 aliphatic heterocycles. The Bertz CT molecular complexity index is 722. The fraction of sp³-hybridized carbons (Fsp3) is 0.350. The molecule has 0 spiro atoms. The van der Waals surface area contributed by atoms with Crippen molar-refractivity contribution >= 4 is 6.09 Å². The minimum absolute atomic E-state index is 0.133. The second-order valence-corrected chi connectivity index (χ2v) is 6.45. The summed E-state index contributed by atoms with van der Waals surface area (Å²) in [5.41, 5.74) is 1.55. The molecule has 6 heteroatoms. The van der Waals surface area contributed by atoms with Gasteiger partial charge in [-0.05, 0) is 36.1 Å². The van der Waals surface area contributed by atoms with Gasteiger partial charge < -0.3 is 14.9 Å². The summed E-state index contributed by atoms with van der Waals surface area (Å²) >= 11 is 0. The molecular weight excluding hydrogens is 337 g/mol. The summed E-state index contributed by atoms with van der Waals surface area (Å²) in [4.78, 5) is 13.5.